The van der Waals surface area contributed by atoms with Crippen LogP contribution in [-0.2, 0) is 4.74 Å². The van der Waals surface area contributed by atoms with E-state index in [0.717, 1.165) is 32.0 Å². The average Bonchev–Trinajstić information content (AvgIpc) is 2.78. The second-order valence-corrected chi connectivity index (χ2v) is 5.34. The Morgan fingerprint density at radius 3 is 3.00 bits per heavy atom. The van der Waals surface area contributed by atoms with E-state index in [0.29, 0.717) is 6.04 Å². The van der Waals surface area contributed by atoms with Crippen molar-refractivity contribution in [3.63, 3.8) is 0 Å². The predicted molar refractivity (Wildman–Crippen MR) is 73.4 cm³/mol. The summed E-state index contributed by atoms with van der Waals surface area (Å²) >= 11 is 0. The van der Waals surface area contributed by atoms with Gasteiger partial charge in [-0.05, 0) is 45.2 Å². The van der Waals surface area contributed by atoms with E-state index in [4.69, 9.17) is 4.74 Å². The van der Waals surface area contributed by atoms with Crippen molar-refractivity contribution in [1.82, 2.24) is 10.2 Å². The normalized spacial score (nSPS) is 23.1. The van der Waals surface area contributed by atoms with E-state index in [1.54, 1.807) is 7.11 Å². The van der Waals surface area contributed by atoms with Crippen LogP contribution in [0.3, 0.4) is 0 Å². The van der Waals surface area contributed by atoms with E-state index in [1.807, 2.05) is 0 Å². The molecule has 1 fully saturated rings. The molecule has 1 aliphatic heterocycles. The van der Waals surface area contributed by atoms with Crippen LogP contribution in [0.25, 0.3) is 0 Å². The van der Waals surface area contributed by atoms with E-state index in [-0.39, 0.29) is 0 Å². The second-order valence-electron chi connectivity index (χ2n) is 5.34. The Morgan fingerprint density at radius 1 is 1.47 bits per heavy atom. The number of likely N-dealkylation sites (tertiary alicyclic amines) is 1. The quantitative estimate of drug-likeness (QED) is 0.627. The number of rotatable bonds is 9. The fourth-order valence-corrected chi connectivity index (χ4v) is 2.69. The minimum absolute atomic E-state index is 0.680. The van der Waals surface area contributed by atoms with Gasteiger partial charge in [0.2, 0.25) is 0 Å². The zero-order valence-electron chi connectivity index (χ0n) is 11.9. The Bertz CT molecular complexity index is 187. The zero-order valence-corrected chi connectivity index (χ0v) is 11.9. The summed E-state index contributed by atoms with van der Waals surface area (Å²) in [4.78, 5) is 2.64. The molecule has 0 spiro atoms. The number of hydrogen-bond acceptors (Lipinski definition) is 3. The minimum Gasteiger partial charge on any atom is -0.385 e. The molecule has 0 saturated carbocycles. The van der Waals surface area contributed by atoms with Gasteiger partial charge in [0.1, 0.15) is 0 Å². The van der Waals surface area contributed by atoms with Crippen LogP contribution in [0.2, 0.25) is 0 Å². The third-order valence-electron chi connectivity index (χ3n) is 3.78. The molecule has 1 N–H and O–H groups in total. The maximum absolute atomic E-state index is 5.04. The first-order valence-corrected chi connectivity index (χ1v) is 7.21. The van der Waals surface area contributed by atoms with E-state index >= 15 is 0 Å². The molecule has 17 heavy (non-hydrogen) atoms. The van der Waals surface area contributed by atoms with E-state index in [1.165, 1.54) is 32.4 Å². The van der Waals surface area contributed by atoms with Crippen LogP contribution in [-0.4, -0.2) is 50.8 Å². The van der Waals surface area contributed by atoms with Crippen molar-refractivity contribution >= 4 is 0 Å². The molecule has 0 amide bonds. The van der Waals surface area contributed by atoms with E-state index in [2.05, 4.69) is 24.1 Å². The summed E-state index contributed by atoms with van der Waals surface area (Å²) in [6.45, 7) is 10.3. The Morgan fingerprint density at radius 2 is 2.29 bits per heavy atom. The predicted octanol–water partition coefficient (Wildman–Crippen LogP) is 2.12. The summed E-state index contributed by atoms with van der Waals surface area (Å²) in [5.74, 6) is 0.955. The first-order chi connectivity index (χ1) is 8.27. The number of ether oxygens (including phenoxy) is 1. The molecule has 0 bridgehead atoms. The Hall–Kier alpha value is -0.120. The first-order valence-electron chi connectivity index (χ1n) is 7.21. The van der Waals surface area contributed by atoms with Crippen LogP contribution < -0.4 is 5.32 Å². The van der Waals surface area contributed by atoms with Crippen LogP contribution >= 0.6 is 0 Å². The second kappa shape index (κ2) is 8.90. The lowest BCUT2D eigenvalue weighted by Gasteiger charge is -2.24. The van der Waals surface area contributed by atoms with Gasteiger partial charge in [0.05, 0.1) is 0 Å². The van der Waals surface area contributed by atoms with E-state index < -0.39 is 0 Å². The van der Waals surface area contributed by atoms with Gasteiger partial charge in [0, 0.05) is 32.8 Å². The van der Waals surface area contributed by atoms with Gasteiger partial charge in [-0.15, -0.1) is 0 Å². The van der Waals surface area contributed by atoms with Gasteiger partial charge < -0.3 is 10.1 Å². The number of hydrogen-bond donors (Lipinski definition) is 1. The lowest BCUT2D eigenvalue weighted by molar-refractivity contribution is 0.191. The monoisotopic (exact) mass is 242 g/mol. The molecule has 0 aromatic carbocycles. The molecular weight excluding hydrogens is 212 g/mol. The highest BCUT2D eigenvalue weighted by Gasteiger charge is 2.24. The van der Waals surface area contributed by atoms with E-state index in [9.17, 15) is 0 Å². The summed E-state index contributed by atoms with van der Waals surface area (Å²) in [5, 5.41) is 3.52. The van der Waals surface area contributed by atoms with Gasteiger partial charge in [-0.3, -0.25) is 4.90 Å². The van der Waals surface area contributed by atoms with Crippen LogP contribution in [0, 0.1) is 5.92 Å². The highest BCUT2D eigenvalue weighted by atomic mass is 16.5. The maximum Gasteiger partial charge on any atom is 0.0474 e. The molecule has 3 heteroatoms. The van der Waals surface area contributed by atoms with Crippen LogP contribution in [0.15, 0.2) is 0 Å². The molecule has 3 nitrogen and oxygen atoms in total. The molecule has 1 saturated heterocycles. The van der Waals surface area contributed by atoms with Crippen molar-refractivity contribution in [3.8, 4) is 0 Å². The van der Waals surface area contributed by atoms with Gasteiger partial charge in [-0.1, -0.05) is 13.3 Å². The molecule has 0 aromatic heterocycles. The number of nitrogens with one attached hydrogen (secondary N) is 1. The molecule has 1 heterocycles. The topological polar surface area (TPSA) is 24.5 Å². The molecule has 1 aliphatic rings. The molecule has 1 rings (SSSR count). The lowest BCUT2D eigenvalue weighted by Crippen LogP contribution is -2.39. The van der Waals surface area contributed by atoms with Crippen molar-refractivity contribution in [2.75, 3.05) is 39.9 Å². The van der Waals surface area contributed by atoms with Crippen molar-refractivity contribution < 1.29 is 4.74 Å². The third-order valence-corrected chi connectivity index (χ3v) is 3.78. The highest BCUT2D eigenvalue weighted by Crippen LogP contribution is 2.22. The maximum atomic E-state index is 5.04. The molecule has 0 aliphatic carbocycles. The van der Waals surface area contributed by atoms with Crippen molar-refractivity contribution in [2.45, 2.75) is 45.6 Å². The van der Waals surface area contributed by atoms with Gasteiger partial charge in [-0.25, -0.2) is 0 Å². The first kappa shape index (κ1) is 14.9. The number of methoxy groups -OCH3 is 1. The summed E-state index contributed by atoms with van der Waals surface area (Å²) in [5.41, 5.74) is 0. The largest absolute Gasteiger partial charge is 0.385 e. The van der Waals surface area contributed by atoms with Crippen molar-refractivity contribution in [2.24, 2.45) is 5.92 Å². The molecule has 102 valence electrons. The fourth-order valence-electron chi connectivity index (χ4n) is 2.69. The fraction of sp³-hybridized carbons (Fsp3) is 1.00. The number of nitrogens with zero attached hydrogens (tertiary/aromatic N) is 1. The average molecular weight is 242 g/mol. The van der Waals surface area contributed by atoms with Crippen LogP contribution in [0.4, 0.5) is 0 Å². The van der Waals surface area contributed by atoms with Crippen LogP contribution in [0.1, 0.15) is 39.5 Å². The molecule has 0 aromatic rings. The van der Waals surface area contributed by atoms with Crippen molar-refractivity contribution in [1.29, 1.82) is 0 Å². The summed E-state index contributed by atoms with van der Waals surface area (Å²) in [6, 6.07) is 0.680. The Labute approximate surface area is 107 Å². The SMILES string of the molecule is CCCC1CCN(C(C)CNCCCOC)C1. The zero-order chi connectivity index (χ0) is 12.5. The van der Waals surface area contributed by atoms with Gasteiger partial charge in [0.25, 0.3) is 0 Å². The molecule has 2 unspecified atom stereocenters. The Kier molecular flexibility index (Phi) is 7.82. The smallest absolute Gasteiger partial charge is 0.0474 e. The van der Waals surface area contributed by atoms with Gasteiger partial charge in [0.15, 0.2) is 0 Å². The van der Waals surface area contributed by atoms with Crippen molar-refractivity contribution in [3.05, 3.63) is 0 Å². The summed E-state index contributed by atoms with van der Waals surface area (Å²) < 4.78 is 5.04. The highest BCUT2D eigenvalue weighted by molar-refractivity contribution is 4.80. The minimum atomic E-state index is 0.680. The van der Waals surface area contributed by atoms with Crippen LogP contribution in [0.5, 0.6) is 0 Å². The molecule has 2 atom stereocenters. The van der Waals surface area contributed by atoms with Gasteiger partial charge in [-0.2, -0.15) is 0 Å². The van der Waals surface area contributed by atoms with Gasteiger partial charge >= 0.3 is 0 Å². The standard InChI is InChI=1S/C14H30N2O/c1-4-6-14-7-9-16(12-14)13(2)11-15-8-5-10-17-3/h13-15H,4-12H2,1-3H3. The third kappa shape index (κ3) is 5.84. The summed E-state index contributed by atoms with van der Waals surface area (Å²) in [6.07, 6.45) is 5.26. The molecule has 0 radical (unpaired) electrons. The molecular formula is C14H30N2O. The summed E-state index contributed by atoms with van der Waals surface area (Å²) in [7, 11) is 1.76. The lowest BCUT2D eigenvalue weighted by atomic mass is 10.0. The Balaban J connectivity index is 2.05.